The van der Waals surface area contributed by atoms with Gasteiger partial charge in [-0.25, -0.2) is 4.39 Å². The number of hydrogen-bond donors (Lipinski definition) is 2. The van der Waals surface area contributed by atoms with Gasteiger partial charge in [0.1, 0.15) is 18.2 Å². The Morgan fingerprint density at radius 1 is 1.31 bits per heavy atom. The van der Waals surface area contributed by atoms with Gasteiger partial charge < -0.3 is 15.2 Å². The van der Waals surface area contributed by atoms with Gasteiger partial charge in [0, 0.05) is 0 Å². The number of amides is 1. The number of nitrogens with one attached hydrogen (secondary N) is 1. The third-order valence-corrected chi connectivity index (χ3v) is 4.60. The van der Waals surface area contributed by atoms with E-state index >= 15 is 0 Å². The number of fused-ring (bicyclic) bond motifs is 1. The molecule has 0 fully saturated rings. The minimum absolute atomic E-state index is 0.0635. The van der Waals surface area contributed by atoms with Crippen molar-refractivity contribution in [3.8, 4) is 5.75 Å². The van der Waals surface area contributed by atoms with Gasteiger partial charge in [-0.1, -0.05) is 35.9 Å². The van der Waals surface area contributed by atoms with Gasteiger partial charge in [0.25, 0.3) is 0 Å². The van der Waals surface area contributed by atoms with Crippen LogP contribution in [0, 0.1) is 11.7 Å². The van der Waals surface area contributed by atoms with E-state index in [9.17, 15) is 14.0 Å². The van der Waals surface area contributed by atoms with Gasteiger partial charge in [0.2, 0.25) is 5.91 Å². The molecule has 2 aromatic carbocycles. The number of hydrogen-bond acceptors (Lipinski definition) is 3. The molecular formula is C19H17ClFNO4. The number of carbonyl (C=O) groups is 2. The van der Waals surface area contributed by atoms with Crippen molar-refractivity contribution in [3.63, 3.8) is 0 Å². The van der Waals surface area contributed by atoms with Crippen molar-refractivity contribution in [2.24, 2.45) is 5.92 Å². The molecule has 2 atom stereocenters. The average molecular weight is 378 g/mol. The highest BCUT2D eigenvalue weighted by Gasteiger charge is 2.28. The normalized spacial score (nSPS) is 16.9. The Hall–Kier alpha value is -2.60. The van der Waals surface area contributed by atoms with Crippen LogP contribution in [0.2, 0.25) is 5.02 Å². The maximum Gasteiger partial charge on any atom is 0.305 e. The molecule has 26 heavy (non-hydrogen) atoms. The molecule has 2 aromatic rings. The molecule has 7 heteroatoms. The fraction of sp³-hybridized carbons (Fsp3) is 0.263. The zero-order valence-corrected chi connectivity index (χ0v) is 14.5. The van der Waals surface area contributed by atoms with E-state index < -0.39 is 23.7 Å². The van der Waals surface area contributed by atoms with Gasteiger partial charge in [-0.15, -0.1) is 0 Å². The second kappa shape index (κ2) is 7.74. The van der Waals surface area contributed by atoms with E-state index in [2.05, 4.69) is 5.32 Å². The summed E-state index contributed by atoms with van der Waals surface area (Å²) >= 11 is 5.67. The molecule has 2 unspecified atom stereocenters. The highest BCUT2D eigenvalue weighted by molar-refractivity contribution is 6.30. The predicted octanol–water partition coefficient (Wildman–Crippen LogP) is 3.36. The van der Waals surface area contributed by atoms with Gasteiger partial charge in [0.15, 0.2) is 0 Å². The lowest BCUT2D eigenvalue weighted by atomic mass is 9.95. The van der Waals surface area contributed by atoms with Crippen LogP contribution in [0.15, 0.2) is 42.5 Å². The number of aliphatic carboxylic acids is 1. The van der Waals surface area contributed by atoms with Gasteiger partial charge in [-0.2, -0.15) is 0 Å². The van der Waals surface area contributed by atoms with Crippen LogP contribution in [0.5, 0.6) is 5.75 Å². The van der Waals surface area contributed by atoms with E-state index in [4.69, 9.17) is 21.4 Å². The zero-order valence-electron chi connectivity index (χ0n) is 13.7. The Morgan fingerprint density at radius 2 is 2.08 bits per heavy atom. The van der Waals surface area contributed by atoms with Crippen LogP contribution in [0.4, 0.5) is 4.39 Å². The van der Waals surface area contributed by atoms with Crippen molar-refractivity contribution in [1.82, 2.24) is 5.32 Å². The van der Waals surface area contributed by atoms with Crippen LogP contribution < -0.4 is 10.1 Å². The first-order valence-corrected chi connectivity index (χ1v) is 8.49. The topological polar surface area (TPSA) is 75.6 Å². The summed E-state index contributed by atoms with van der Waals surface area (Å²) in [4.78, 5) is 23.8. The van der Waals surface area contributed by atoms with E-state index in [0.29, 0.717) is 12.0 Å². The van der Waals surface area contributed by atoms with Gasteiger partial charge in [0.05, 0.1) is 23.4 Å². The molecule has 0 radical (unpaired) electrons. The Labute approximate surface area is 154 Å². The van der Waals surface area contributed by atoms with Crippen molar-refractivity contribution in [1.29, 1.82) is 0 Å². The summed E-state index contributed by atoms with van der Waals surface area (Å²) in [5.74, 6) is -1.79. The Balaban J connectivity index is 1.75. The first-order valence-electron chi connectivity index (χ1n) is 8.12. The second-order valence-electron chi connectivity index (χ2n) is 6.15. The van der Waals surface area contributed by atoms with E-state index in [1.807, 2.05) is 24.3 Å². The monoisotopic (exact) mass is 377 g/mol. The van der Waals surface area contributed by atoms with Crippen LogP contribution in [0.25, 0.3) is 0 Å². The molecule has 2 N–H and O–H groups in total. The lowest BCUT2D eigenvalue weighted by Crippen LogP contribution is -2.39. The molecule has 5 nitrogen and oxygen atoms in total. The molecule has 3 rings (SSSR count). The molecule has 1 amide bonds. The van der Waals surface area contributed by atoms with Gasteiger partial charge in [-0.3, -0.25) is 9.59 Å². The molecule has 136 valence electrons. The molecular weight excluding hydrogens is 361 g/mol. The Bertz CT molecular complexity index is 842. The van der Waals surface area contributed by atoms with E-state index in [1.165, 1.54) is 12.1 Å². The average Bonchev–Trinajstić information content (AvgIpc) is 2.62. The molecule has 1 aliphatic rings. The maximum absolute atomic E-state index is 13.7. The standard InChI is InChI=1S/C19H17ClFNO4/c20-14-6-5-11(8-15(14)21)16(9-18(23)24)22-19(25)13-7-12-3-1-2-4-17(12)26-10-13/h1-6,8,13,16H,7,9-10H2,(H,22,25)(H,23,24). The summed E-state index contributed by atoms with van der Waals surface area (Å²) in [5.41, 5.74) is 1.27. The van der Waals surface area contributed by atoms with Gasteiger partial charge in [-0.05, 0) is 35.7 Å². The molecule has 0 spiro atoms. The maximum atomic E-state index is 13.7. The van der Waals surface area contributed by atoms with Crippen molar-refractivity contribution in [2.75, 3.05) is 6.61 Å². The number of rotatable bonds is 5. The SMILES string of the molecule is O=C(O)CC(NC(=O)C1COc2ccccc2C1)c1ccc(Cl)c(F)c1. The number of halogens is 2. The number of para-hydroxylation sites is 1. The molecule has 0 bridgehead atoms. The van der Waals surface area contributed by atoms with Crippen molar-refractivity contribution < 1.29 is 23.8 Å². The first kappa shape index (κ1) is 18.2. The lowest BCUT2D eigenvalue weighted by Gasteiger charge is -2.26. The van der Waals surface area contributed by atoms with Crippen molar-refractivity contribution in [3.05, 3.63) is 64.4 Å². The van der Waals surface area contributed by atoms with Crippen LogP contribution in [0.3, 0.4) is 0 Å². The molecule has 0 aliphatic carbocycles. The lowest BCUT2D eigenvalue weighted by molar-refractivity contribution is -0.138. The van der Waals surface area contributed by atoms with E-state index in [-0.39, 0.29) is 24.0 Å². The highest BCUT2D eigenvalue weighted by Crippen LogP contribution is 2.28. The first-order chi connectivity index (χ1) is 12.4. The van der Waals surface area contributed by atoms with Gasteiger partial charge >= 0.3 is 5.97 Å². The summed E-state index contributed by atoms with van der Waals surface area (Å²) in [6.07, 6.45) is 0.133. The summed E-state index contributed by atoms with van der Waals surface area (Å²) in [5, 5.41) is 11.8. The van der Waals surface area contributed by atoms with E-state index in [0.717, 1.165) is 17.4 Å². The van der Waals surface area contributed by atoms with Crippen LogP contribution >= 0.6 is 11.6 Å². The quantitative estimate of drug-likeness (QED) is 0.837. The summed E-state index contributed by atoms with van der Waals surface area (Å²) in [7, 11) is 0. The van der Waals surface area contributed by atoms with Crippen LogP contribution in [-0.2, 0) is 16.0 Å². The number of carboxylic acids is 1. The Morgan fingerprint density at radius 3 is 2.81 bits per heavy atom. The van der Waals surface area contributed by atoms with E-state index in [1.54, 1.807) is 0 Å². The fourth-order valence-electron chi connectivity index (χ4n) is 2.94. The third kappa shape index (κ3) is 4.14. The van der Waals surface area contributed by atoms with Crippen LogP contribution in [0.1, 0.15) is 23.6 Å². The third-order valence-electron chi connectivity index (χ3n) is 4.29. The zero-order chi connectivity index (χ0) is 18.7. The molecule has 1 aliphatic heterocycles. The molecule has 0 saturated heterocycles. The molecule has 0 aromatic heterocycles. The molecule has 0 saturated carbocycles. The van der Waals surface area contributed by atoms with Crippen LogP contribution in [-0.4, -0.2) is 23.6 Å². The number of carboxylic acid groups (broad SMARTS) is 1. The second-order valence-corrected chi connectivity index (χ2v) is 6.56. The summed E-state index contributed by atoms with van der Waals surface area (Å²) in [6, 6.07) is 10.6. The fourth-order valence-corrected chi connectivity index (χ4v) is 3.06. The summed E-state index contributed by atoms with van der Waals surface area (Å²) < 4.78 is 19.3. The van der Waals surface area contributed by atoms with Crippen molar-refractivity contribution in [2.45, 2.75) is 18.9 Å². The minimum Gasteiger partial charge on any atom is -0.492 e. The predicted molar refractivity (Wildman–Crippen MR) is 93.7 cm³/mol. The smallest absolute Gasteiger partial charge is 0.305 e. The molecule has 1 heterocycles. The number of carbonyl (C=O) groups excluding carboxylic acids is 1. The minimum atomic E-state index is -1.10. The van der Waals surface area contributed by atoms with Crippen molar-refractivity contribution >= 4 is 23.5 Å². The Kier molecular flexibility index (Phi) is 5.42. The largest absolute Gasteiger partial charge is 0.492 e. The summed E-state index contributed by atoms with van der Waals surface area (Å²) in [6.45, 7) is 0.206. The number of benzene rings is 2. The number of ether oxygens (including phenoxy) is 1. The highest BCUT2D eigenvalue weighted by atomic mass is 35.5.